The van der Waals surface area contributed by atoms with Gasteiger partial charge < -0.3 is 19.8 Å². The number of likely N-dealkylation sites (tertiary alicyclic amines) is 1. The molecule has 1 fully saturated rings. The Balaban J connectivity index is 2.06. The zero-order chi connectivity index (χ0) is 16.5. The van der Waals surface area contributed by atoms with E-state index in [2.05, 4.69) is 4.98 Å². The van der Waals surface area contributed by atoms with Crippen LogP contribution in [-0.4, -0.2) is 50.9 Å². The van der Waals surface area contributed by atoms with Gasteiger partial charge in [-0.2, -0.15) is 0 Å². The van der Waals surface area contributed by atoms with Gasteiger partial charge in [0.05, 0.1) is 10.4 Å². The molecule has 1 aromatic heterocycles. The van der Waals surface area contributed by atoms with Gasteiger partial charge >= 0.3 is 12.1 Å². The predicted octanol–water partition coefficient (Wildman–Crippen LogP) is 2.06. The average molecular weight is 328 g/mol. The van der Waals surface area contributed by atoms with Gasteiger partial charge in [0.1, 0.15) is 11.2 Å². The summed E-state index contributed by atoms with van der Waals surface area (Å²) in [5, 5.41) is 19.8. The Morgan fingerprint density at radius 2 is 1.95 bits per heavy atom. The normalized spacial score (nSPS) is 18.1. The Kier molecular flexibility index (Phi) is 4.44. The Morgan fingerprint density at radius 3 is 2.45 bits per heavy atom. The molecule has 2 rings (SSSR count). The standard InChI is InChI=1S/C14H20N2O5S/c1-13(2,3)21-12(19)16-6-4-14(20,5-7-16)10-9(11(17)18)15-8-22-10/h8,20H,4-7H2,1-3H3,(H,17,18). The van der Waals surface area contributed by atoms with Gasteiger partial charge in [-0.3, -0.25) is 0 Å². The zero-order valence-corrected chi connectivity index (χ0v) is 13.6. The van der Waals surface area contributed by atoms with Crippen LogP contribution in [0, 0.1) is 0 Å². The van der Waals surface area contributed by atoms with Gasteiger partial charge in [0.25, 0.3) is 0 Å². The Morgan fingerprint density at radius 1 is 1.36 bits per heavy atom. The number of carboxylic acids is 1. The van der Waals surface area contributed by atoms with Crippen molar-refractivity contribution in [3.8, 4) is 0 Å². The molecule has 0 atom stereocenters. The number of nitrogens with zero attached hydrogens (tertiary/aromatic N) is 2. The summed E-state index contributed by atoms with van der Waals surface area (Å²) in [6.45, 7) is 6.00. The number of aromatic carboxylic acids is 1. The van der Waals surface area contributed by atoms with Crippen molar-refractivity contribution in [2.24, 2.45) is 0 Å². The van der Waals surface area contributed by atoms with Crippen LogP contribution >= 0.6 is 11.3 Å². The van der Waals surface area contributed by atoms with Crippen LogP contribution in [-0.2, 0) is 10.3 Å². The van der Waals surface area contributed by atoms with E-state index in [9.17, 15) is 14.7 Å². The number of carboxylic acid groups (broad SMARTS) is 1. The SMILES string of the molecule is CC(C)(C)OC(=O)N1CCC(O)(c2scnc2C(=O)O)CC1. The first-order chi connectivity index (χ1) is 10.1. The van der Waals surface area contributed by atoms with Gasteiger partial charge in [-0.1, -0.05) is 0 Å². The summed E-state index contributed by atoms with van der Waals surface area (Å²) in [6, 6.07) is 0. The lowest BCUT2D eigenvalue weighted by Crippen LogP contribution is -2.47. The number of aromatic nitrogens is 1. The van der Waals surface area contributed by atoms with Crippen LogP contribution in [0.25, 0.3) is 0 Å². The molecule has 7 nitrogen and oxygen atoms in total. The molecule has 2 N–H and O–H groups in total. The van der Waals surface area contributed by atoms with E-state index in [1.807, 2.05) is 0 Å². The molecule has 8 heteroatoms. The molecule has 122 valence electrons. The summed E-state index contributed by atoms with van der Waals surface area (Å²) in [4.78, 5) is 28.8. The zero-order valence-electron chi connectivity index (χ0n) is 12.8. The highest BCUT2D eigenvalue weighted by molar-refractivity contribution is 7.10. The third-order valence-electron chi connectivity index (χ3n) is 3.43. The molecule has 0 radical (unpaired) electrons. The summed E-state index contributed by atoms with van der Waals surface area (Å²) < 4.78 is 5.30. The van der Waals surface area contributed by atoms with Crippen molar-refractivity contribution in [3.63, 3.8) is 0 Å². The van der Waals surface area contributed by atoms with Crippen LogP contribution < -0.4 is 0 Å². The molecule has 0 aliphatic carbocycles. The first-order valence-corrected chi connectivity index (χ1v) is 7.88. The minimum absolute atomic E-state index is 0.113. The smallest absolute Gasteiger partial charge is 0.410 e. The van der Waals surface area contributed by atoms with Crippen molar-refractivity contribution in [1.29, 1.82) is 0 Å². The highest BCUT2D eigenvalue weighted by Crippen LogP contribution is 2.37. The van der Waals surface area contributed by atoms with Crippen molar-refractivity contribution in [3.05, 3.63) is 16.1 Å². The first-order valence-electron chi connectivity index (χ1n) is 7.00. The molecule has 0 unspecified atom stereocenters. The number of amides is 1. The van der Waals surface area contributed by atoms with Crippen molar-refractivity contribution in [2.45, 2.75) is 44.8 Å². The van der Waals surface area contributed by atoms with Gasteiger partial charge in [-0.15, -0.1) is 11.3 Å². The van der Waals surface area contributed by atoms with Crippen LogP contribution in [0.15, 0.2) is 5.51 Å². The van der Waals surface area contributed by atoms with Crippen molar-refractivity contribution in [2.75, 3.05) is 13.1 Å². The molecule has 1 aliphatic rings. The molecular weight excluding hydrogens is 308 g/mol. The number of carbonyl (C=O) groups excluding carboxylic acids is 1. The second kappa shape index (κ2) is 5.85. The fraction of sp³-hybridized carbons (Fsp3) is 0.643. The van der Waals surface area contributed by atoms with E-state index < -0.39 is 23.3 Å². The lowest BCUT2D eigenvalue weighted by molar-refractivity contribution is -0.0342. The maximum absolute atomic E-state index is 12.0. The number of rotatable bonds is 2. The predicted molar refractivity (Wildman–Crippen MR) is 80.0 cm³/mol. The largest absolute Gasteiger partial charge is 0.476 e. The summed E-state index contributed by atoms with van der Waals surface area (Å²) in [7, 11) is 0. The lowest BCUT2D eigenvalue weighted by Gasteiger charge is -2.38. The Hall–Kier alpha value is -1.67. The molecule has 1 saturated heterocycles. The number of hydrogen-bond donors (Lipinski definition) is 2. The van der Waals surface area contributed by atoms with Gasteiger partial charge in [-0.25, -0.2) is 14.6 Å². The van der Waals surface area contributed by atoms with E-state index in [1.54, 1.807) is 20.8 Å². The number of carbonyl (C=O) groups is 2. The Labute approximate surface area is 132 Å². The van der Waals surface area contributed by atoms with Crippen LogP contribution in [0.3, 0.4) is 0 Å². The second-order valence-electron chi connectivity index (χ2n) is 6.33. The van der Waals surface area contributed by atoms with Crippen LogP contribution in [0.2, 0.25) is 0 Å². The first kappa shape index (κ1) is 16.7. The van der Waals surface area contributed by atoms with Gasteiger partial charge in [0.2, 0.25) is 0 Å². The van der Waals surface area contributed by atoms with Crippen molar-refractivity contribution in [1.82, 2.24) is 9.88 Å². The number of aliphatic hydroxyl groups is 1. The van der Waals surface area contributed by atoms with E-state index in [-0.39, 0.29) is 18.5 Å². The van der Waals surface area contributed by atoms with Crippen LogP contribution in [0.5, 0.6) is 0 Å². The molecule has 1 aromatic rings. The van der Waals surface area contributed by atoms with E-state index in [4.69, 9.17) is 9.84 Å². The number of ether oxygens (including phenoxy) is 1. The molecular formula is C14H20N2O5S. The fourth-order valence-electron chi connectivity index (χ4n) is 2.34. The Bertz CT molecular complexity index is 570. The monoisotopic (exact) mass is 328 g/mol. The van der Waals surface area contributed by atoms with Crippen LogP contribution in [0.1, 0.15) is 49.0 Å². The van der Waals surface area contributed by atoms with E-state index in [0.29, 0.717) is 18.0 Å². The molecule has 0 saturated carbocycles. The quantitative estimate of drug-likeness (QED) is 0.862. The highest BCUT2D eigenvalue weighted by atomic mass is 32.1. The topological polar surface area (TPSA) is 100.0 Å². The summed E-state index contributed by atoms with van der Waals surface area (Å²) in [5.41, 5.74) is -0.526. The van der Waals surface area contributed by atoms with Crippen LogP contribution in [0.4, 0.5) is 4.79 Å². The molecule has 1 aliphatic heterocycles. The van der Waals surface area contributed by atoms with E-state index in [1.165, 1.54) is 10.4 Å². The number of hydrogen-bond acceptors (Lipinski definition) is 6. The molecule has 0 aromatic carbocycles. The molecule has 2 heterocycles. The van der Waals surface area contributed by atoms with E-state index >= 15 is 0 Å². The van der Waals surface area contributed by atoms with Gasteiger partial charge in [-0.05, 0) is 33.6 Å². The maximum atomic E-state index is 12.0. The highest BCUT2D eigenvalue weighted by Gasteiger charge is 2.40. The molecule has 22 heavy (non-hydrogen) atoms. The third kappa shape index (κ3) is 3.56. The summed E-state index contributed by atoms with van der Waals surface area (Å²) in [6.07, 6.45) is 0.0981. The maximum Gasteiger partial charge on any atom is 0.410 e. The number of piperidine rings is 1. The van der Waals surface area contributed by atoms with Gasteiger partial charge in [0.15, 0.2) is 5.69 Å². The minimum Gasteiger partial charge on any atom is -0.476 e. The third-order valence-corrected chi connectivity index (χ3v) is 4.45. The second-order valence-corrected chi connectivity index (χ2v) is 7.19. The van der Waals surface area contributed by atoms with Crippen molar-refractivity contribution >= 4 is 23.4 Å². The molecule has 0 spiro atoms. The minimum atomic E-state index is -1.26. The lowest BCUT2D eigenvalue weighted by atomic mass is 9.89. The van der Waals surface area contributed by atoms with Gasteiger partial charge in [0, 0.05) is 13.1 Å². The van der Waals surface area contributed by atoms with Crippen molar-refractivity contribution < 1.29 is 24.5 Å². The van der Waals surface area contributed by atoms with E-state index in [0.717, 1.165) is 11.3 Å². The summed E-state index contributed by atoms with van der Waals surface area (Å²) in [5.74, 6) is -1.15. The summed E-state index contributed by atoms with van der Waals surface area (Å²) >= 11 is 1.13. The average Bonchev–Trinajstić information content (AvgIpc) is 2.87. The number of thiazole rings is 1. The molecule has 0 bridgehead atoms. The fourth-order valence-corrected chi connectivity index (χ4v) is 3.28. The molecule has 1 amide bonds.